The van der Waals surface area contributed by atoms with Gasteiger partial charge in [-0.15, -0.1) is 0 Å². The van der Waals surface area contributed by atoms with E-state index in [1.165, 1.54) is 12.2 Å². The van der Waals surface area contributed by atoms with Crippen LogP contribution in [0.15, 0.2) is 12.2 Å². The summed E-state index contributed by atoms with van der Waals surface area (Å²) in [5.41, 5.74) is 0. The van der Waals surface area contributed by atoms with Crippen molar-refractivity contribution in [2.24, 2.45) is 0 Å². The maximum Gasteiger partial charge on any atom is 0.241 e. The first kappa shape index (κ1) is 27.1. The summed E-state index contributed by atoms with van der Waals surface area (Å²) in [4.78, 5) is 31.6. The van der Waals surface area contributed by atoms with Gasteiger partial charge in [0.05, 0.1) is 0 Å². The Labute approximate surface area is 172 Å². The zero-order chi connectivity index (χ0) is 22.1. The lowest BCUT2D eigenvalue weighted by Gasteiger charge is -2.15. The molecule has 0 spiro atoms. The van der Waals surface area contributed by atoms with Gasteiger partial charge in [0, 0.05) is 29.1 Å². The van der Waals surface area contributed by atoms with Gasteiger partial charge in [-0.3, -0.25) is 20.2 Å². The second kappa shape index (κ2) is 17.0. The maximum absolute atomic E-state index is 11.2. The molecule has 0 bridgehead atoms. The van der Waals surface area contributed by atoms with Gasteiger partial charge in [0.2, 0.25) is 12.1 Å². The van der Waals surface area contributed by atoms with E-state index in [2.05, 4.69) is 6.92 Å². The second-order valence-corrected chi connectivity index (χ2v) is 7.44. The molecule has 29 heavy (non-hydrogen) atoms. The fourth-order valence-electron chi connectivity index (χ4n) is 3.19. The molecule has 9 heteroatoms. The number of aliphatic hydroxyl groups excluding tert-OH is 2. The number of unbranched alkanes of at least 4 members (excludes halogenated alkanes) is 6. The monoisotopic (exact) mass is 416 g/mol. The summed E-state index contributed by atoms with van der Waals surface area (Å²) in [6.07, 6.45) is 8.45. The zero-order valence-corrected chi connectivity index (χ0v) is 17.4. The Morgan fingerprint density at radius 2 is 1.38 bits per heavy atom. The molecular formula is C20H36N2O7. The SMILES string of the molecule is CCCCCCCCC(C(O)C/C=C\CC(C(O)CCCC=O)[N+](=O)[O-])[N+](=O)[O-]. The minimum absolute atomic E-state index is 0.0349. The molecular weight excluding hydrogens is 380 g/mol. The van der Waals surface area contributed by atoms with E-state index in [0.717, 1.165) is 32.1 Å². The predicted molar refractivity (Wildman–Crippen MR) is 110 cm³/mol. The molecule has 0 saturated heterocycles. The van der Waals surface area contributed by atoms with Crippen molar-refractivity contribution in [3.8, 4) is 0 Å². The van der Waals surface area contributed by atoms with Crippen LogP contribution in [-0.2, 0) is 4.79 Å². The van der Waals surface area contributed by atoms with Crippen molar-refractivity contribution in [3.63, 3.8) is 0 Å². The highest BCUT2D eigenvalue weighted by molar-refractivity contribution is 5.48. The molecule has 4 atom stereocenters. The predicted octanol–water partition coefficient (Wildman–Crippen LogP) is 3.46. The number of carbonyl (C=O) groups excluding carboxylic acids is 1. The van der Waals surface area contributed by atoms with E-state index in [0.29, 0.717) is 25.5 Å². The maximum atomic E-state index is 11.2. The summed E-state index contributed by atoms with van der Waals surface area (Å²) >= 11 is 0. The minimum Gasteiger partial charge on any atom is -0.386 e. The van der Waals surface area contributed by atoms with Crippen LogP contribution in [0, 0.1) is 20.2 Å². The number of aldehydes is 1. The van der Waals surface area contributed by atoms with Crippen molar-refractivity contribution in [3.05, 3.63) is 32.4 Å². The van der Waals surface area contributed by atoms with Crippen LogP contribution < -0.4 is 0 Å². The van der Waals surface area contributed by atoms with Crippen LogP contribution in [0.3, 0.4) is 0 Å². The Kier molecular flexibility index (Phi) is 15.9. The van der Waals surface area contributed by atoms with Gasteiger partial charge in [-0.1, -0.05) is 51.2 Å². The fourth-order valence-corrected chi connectivity index (χ4v) is 3.19. The Morgan fingerprint density at radius 3 is 1.97 bits per heavy atom. The quantitative estimate of drug-likeness (QED) is 0.108. The van der Waals surface area contributed by atoms with E-state index in [1.807, 2.05) is 0 Å². The van der Waals surface area contributed by atoms with Gasteiger partial charge in [-0.05, 0) is 25.7 Å². The van der Waals surface area contributed by atoms with Crippen LogP contribution in [0.1, 0.15) is 84.0 Å². The highest BCUT2D eigenvalue weighted by Crippen LogP contribution is 2.16. The number of hydrogen-bond donors (Lipinski definition) is 2. The van der Waals surface area contributed by atoms with Gasteiger partial charge < -0.3 is 15.0 Å². The van der Waals surface area contributed by atoms with Gasteiger partial charge in [0.15, 0.2) is 0 Å². The Balaban J connectivity index is 4.42. The van der Waals surface area contributed by atoms with Crippen molar-refractivity contribution in [1.82, 2.24) is 0 Å². The van der Waals surface area contributed by atoms with Crippen LogP contribution in [0.2, 0.25) is 0 Å². The van der Waals surface area contributed by atoms with Crippen molar-refractivity contribution in [2.75, 3.05) is 0 Å². The first-order valence-electron chi connectivity index (χ1n) is 10.6. The topological polar surface area (TPSA) is 144 Å². The van der Waals surface area contributed by atoms with Gasteiger partial charge in [0.25, 0.3) is 0 Å². The number of carbonyl (C=O) groups is 1. The first-order valence-corrected chi connectivity index (χ1v) is 10.6. The van der Waals surface area contributed by atoms with Crippen LogP contribution in [0.25, 0.3) is 0 Å². The lowest BCUT2D eigenvalue weighted by Crippen LogP contribution is -2.34. The fraction of sp³-hybridized carbons (Fsp3) is 0.850. The lowest BCUT2D eigenvalue weighted by molar-refractivity contribution is -0.535. The Bertz CT molecular complexity index is 499. The molecule has 0 aliphatic heterocycles. The second-order valence-electron chi connectivity index (χ2n) is 7.44. The molecule has 168 valence electrons. The average molecular weight is 417 g/mol. The van der Waals surface area contributed by atoms with Crippen LogP contribution in [0.5, 0.6) is 0 Å². The number of nitrogens with zero attached hydrogens (tertiary/aromatic N) is 2. The molecule has 0 aromatic heterocycles. The molecule has 4 unspecified atom stereocenters. The van der Waals surface area contributed by atoms with Crippen molar-refractivity contribution >= 4 is 6.29 Å². The molecule has 2 N–H and O–H groups in total. The van der Waals surface area contributed by atoms with E-state index in [9.17, 15) is 35.2 Å². The molecule has 0 aliphatic carbocycles. The highest BCUT2D eigenvalue weighted by Gasteiger charge is 2.29. The highest BCUT2D eigenvalue weighted by atomic mass is 16.6. The smallest absolute Gasteiger partial charge is 0.241 e. The molecule has 0 aromatic rings. The van der Waals surface area contributed by atoms with E-state index in [4.69, 9.17) is 0 Å². The number of nitro groups is 2. The summed E-state index contributed by atoms with van der Waals surface area (Å²) in [6.45, 7) is 2.12. The van der Waals surface area contributed by atoms with Gasteiger partial charge >= 0.3 is 0 Å². The summed E-state index contributed by atoms with van der Waals surface area (Å²) in [6, 6.07) is -2.25. The van der Waals surface area contributed by atoms with Crippen molar-refractivity contribution in [2.45, 2.75) is 108 Å². The van der Waals surface area contributed by atoms with Crippen LogP contribution >= 0.6 is 0 Å². The number of hydrogen-bond acceptors (Lipinski definition) is 7. The molecule has 0 amide bonds. The molecule has 0 saturated carbocycles. The summed E-state index contributed by atoms with van der Waals surface area (Å²) in [5.74, 6) is 0. The van der Waals surface area contributed by atoms with E-state index < -0.39 is 34.1 Å². The minimum atomic E-state index is -1.20. The molecule has 0 radical (unpaired) electrons. The molecule has 0 fully saturated rings. The third-order valence-corrected chi connectivity index (χ3v) is 5.03. The standard InChI is InChI=1S/C20H36N2O7/c1-2-3-4-5-6-7-12-17(21(26)27)19(24)14-9-8-13-18(22(28)29)20(25)15-10-11-16-23/h8-9,16-20,24-25H,2-7,10-15H2,1H3/b9-8-. The average Bonchev–Trinajstić information content (AvgIpc) is 2.66. The molecule has 0 heterocycles. The Hall–Kier alpha value is -1.87. The third kappa shape index (κ3) is 13.1. The lowest BCUT2D eigenvalue weighted by atomic mass is 9.99. The van der Waals surface area contributed by atoms with Gasteiger partial charge in [-0.25, -0.2) is 0 Å². The number of rotatable bonds is 19. The van der Waals surface area contributed by atoms with E-state index in [1.54, 1.807) is 0 Å². The van der Waals surface area contributed by atoms with Gasteiger partial charge in [0.1, 0.15) is 18.5 Å². The van der Waals surface area contributed by atoms with E-state index in [-0.39, 0.29) is 25.7 Å². The largest absolute Gasteiger partial charge is 0.386 e. The van der Waals surface area contributed by atoms with E-state index >= 15 is 0 Å². The van der Waals surface area contributed by atoms with Gasteiger partial charge in [-0.2, -0.15) is 0 Å². The third-order valence-electron chi connectivity index (χ3n) is 5.03. The van der Waals surface area contributed by atoms with Crippen molar-refractivity contribution < 1.29 is 24.9 Å². The number of aliphatic hydroxyl groups is 2. The summed E-state index contributed by atoms with van der Waals surface area (Å²) < 4.78 is 0. The molecule has 0 aromatic carbocycles. The first-order chi connectivity index (χ1) is 13.8. The summed E-state index contributed by atoms with van der Waals surface area (Å²) in [7, 11) is 0. The van der Waals surface area contributed by atoms with Crippen LogP contribution in [0.4, 0.5) is 0 Å². The summed E-state index contributed by atoms with van der Waals surface area (Å²) in [5, 5.41) is 42.4. The normalized spacial score (nSPS) is 15.7. The zero-order valence-electron chi connectivity index (χ0n) is 17.4. The Morgan fingerprint density at radius 1 is 0.793 bits per heavy atom. The van der Waals surface area contributed by atoms with Crippen LogP contribution in [-0.4, -0.2) is 50.6 Å². The van der Waals surface area contributed by atoms with Crippen molar-refractivity contribution in [1.29, 1.82) is 0 Å². The molecule has 0 aliphatic rings. The molecule has 0 rings (SSSR count). The molecule has 9 nitrogen and oxygen atoms in total.